The minimum atomic E-state index is 0.296. The van der Waals surface area contributed by atoms with Gasteiger partial charge in [-0.1, -0.05) is 55.5 Å². The smallest absolute Gasteiger partial charge is 0.143 e. The zero-order valence-corrected chi connectivity index (χ0v) is 11.9. The molecule has 0 aliphatic carbocycles. The van der Waals surface area contributed by atoms with Gasteiger partial charge in [0, 0.05) is 11.3 Å². The summed E-state index contributed by atoms with van der Waals surface area (Å²) in [5.41, 5.74) is 1.24. The highest BCUT2D eigenvalue weighted by atomic mass is 32.2. The maximum absolute atomic E-state index is 12.0. The van der Waals surface area contributed by atoms with Crippen molar-refractivity contribution in [3.05, 3.63) is 66.2 Å². The third-order valence-corrected chi connectivity index (χ3v) is 4.12. The Kier molecular flexibility index (Phi) is 5.22. The molecular weight excluding hydrogens is 252 g/mol. The van der Waals surface area contributed by atoms with Gasteiger partial charge in [-0.25, -0.2) is 0 Å². The topological polar surface area (TPSA) is 17.1 Å². The highest BCUT2D eigenvalue weighted by Crippen LogP contribution is 2.22. The molecule has 2 heteroatoms. The van der Waals surface area contributed by atoms with Crippen LogP contribution in [-0.4, -0.2) is 11.5 Å². The molecule has 19 heavy (non-hydrogen) atoms. The SMILES string of the molecule is CC(CC(=O)CSc1ccccc1)c1ccccc1. The highest BCUT2D eigenvalue weighted by Gasteiger charge is 2.11. The van der Waals surface area contributed by atoms with E-state index in [1.54, 1.807) is 11.8 Å². The Bertz CT molecular complexity index is 507. The number of carbonyl (C=O) groups is 1. The van der Waals surface area contributed by atoms with Gasteiger partial charge in [-0.2, -0.15) is 0 Å². The number of rotatable bonds is 6. The molecule has 0 aromatic heterocycles. The Morgan fingerprint density at radius 1 is 1.00 bits per heavy atom. The van der Waals surface area contributed by atoms with Gasteiger partial charge in [0.2, 0.25) is 0 Å². The summed E-state index contributed by atoms with van der Waals surface area (Å²) in [4.78, 5) is 13.1. The first-order valence-electron chi connectivity index (χ1n) is 6.50. The van der Waals surface area contributed by atoms with E-state index in [1.165, 1.54) is 5.56 Å². The third kappa shape index (κ3) is 4.56. The van der Waals surface area contributed by atoms with E-state index < -0.39 is 0 Å². The zero-order valence-electron chi connectivity index (χ0n) is 11.1. The second-order valence-electron chi connectivity index (χ2n) is 4.66. The van der Waals surface area contributed by atoms with Crippen molar-refractivity contribution in [1.82, 2.24) is 0 Å². The van der Waals surface area contributed by atoms with E-state index in [2.05, 4.69) is 19.1 Å². The summed E-state index contributed by atoms with van der Waals surface area (Å²) in [6, 6.07) is 20.3. The number of Topliss-reactive ketones (excluding diaryl/α,β-unsaturated/α-hetero) is 1. The Morgan fingerprint density at radius 2 is 1.58 bits per heavy atom. The minimum Gasteiger partial charge on any atom is -0.299 e. The first kappa shape index (κ1) is 13.9. The lowest BCUT2D eigenvalue weighted by Crippen LogP contribution is -2.06. The van der Waals surface area contributed by atoms with Crippen LogP contribution in [0, 0.1) is 0 Å². The molecular formula is C17H18OS. The second kappa shape index (κ2) is 7.15. The quantitative estimate of drug-likeness (QED) is 0.717. The van der Waals surface area contributed by atoms with Gasteiger partial charge in [0.1, 0.15) is 5.78 Å². The number of thioether (sulfide) groups is 1. The summed E-state index contributed by atoms with van der Waals surface area (Å²) in [5, 5.41) is 0. The molecule has 0 bridgehead atoms. The van der Waals surface area contributed by atoms with Crippen molar-refractivity contribution in [2.45, 2.75) is 24.2 Å². The van der Waals surface area contributed by atoms with Crippen molar-refractivity contribution >= 4 is 17.5 Å². The van der Waals surface area contributed by atoms with Crippen LogP contribution in [0.1, 0.15) is 24.8 Å². The van der Waals surface area contributed by atoms with Gasteiger partial charge in [0.25, 0.3) is 0 Å². The standard InChI is InChI=1S/C17H18OS/c1-14(15-8-4-2-5-9-15)12-16(18)13-19-17-10-6-3-7-11-17/h2-11,14H,12-13H2,1H3. The zero-order chi connectivity index (χ0) is 13.5. The van der Waals surface area contributed by atoms with Gasteiger partial charge >= 0.3 is 0 Å². The second-order valence-corrected chi connectivity index (χ2v) is 5.71. The normalized spacial score (nSPS) is 12.1. The van der Waals surface area contributed by atoms with Crippen LogP contribution >= 0.6 is 11.8 Å². The lowest BCUT2D eigenvalue weighted by molar-refractivity contribution is -0.116. The fourth-order valence-electron chi connectivity index (χ4n) is 1.98. The van der Waals surface area contributed by atoms with Crippen molar-refractivity contribution in [2.24, 2.45) is 0 Å². The maximum atomic E-state index is 12.0. The predicted octanol–water partition coefficient (Wildman–Crippen LogP) is 4.54. The molecule has 0 amide bonds. The molecule has 98 valence electrons. The highest BCUT2D eigenvalue weighted by molar-refractivity contribution is 8.00. The lowest BCUT2D eigenvalue weighted by atomic mass is 9.96. The number of ketones is 1. The van der Waals surface area contributed by atoms with Gasteiger partial charge in [0.15, 0.2) is 0 Å². The van der Waals surface area contributed by atoms with Crippen LogP contribution in [0.5, 0.6) is 0 Å². The summed E-state index contributed by atoms with van der Waals surface area (Å²) in [7, 11) is 0. The fourth-order valence-corrected chi connectivity index (χ4v) is 2.78. The van der Waals surface area contributed by atoms with E-state index in [1.807, 2.05) is 48.5 Å². The van der Waals surface area contributed by atoms with Gasteiger partial charge in [-0.05, 0) is 23.6 Å². The van der Waals surface area contributed by atoms with Crippen LogP contribution in [0.4, 0.5) is 0 Å². The molecule has 0 N–H and O–H groups in total. The molecule has 1 unspecified atom stereocenters. The average Bonchev–Trinajstić information content (AvgIpc) is 2.47. The van der Waals surface area contributed by atoms with Crippen molar-refractivity contribution in [3.63, 3.8) is 0 Å². The molecule has 0 aliphatic rings. The first-order chi connectivity index (χ1) is 9.25. The molecule has 0 spiro atoms. The summed E-state index contributed by atoms with van der Waals surface area (Å²) in [6.07, 6.45) is 0.615. The number of hydrogen-bond acceptors (Lipinski definition) is 2. The Labute approximate surface area is 119 Å². The van der Waals surface area contributed by atoms with Crippen molar-refractivity contribution in [2.75, 3.05) is 5.75 Å². The molecule has 0 fully saturated rings. The van der Waals surface area contributed by atoms with Gasteiger partial charge in [0.05, 0.1) is 5.75 Å². The molecule has 2 rings (SSSR count). The summed E-state index contributed by atoms with van der Waals surface area (Å²) in [5.74, 6) is 1.16. The maximum Gasteiger partial charge on any atom is 0.143 e. The average molecular weight is 270 g/mol. The van der Waals surface area contributed by atoms with Crippen LogP contribution in [0.25, 0.3) is 0 Å². The van der Waals surface area contributed by atoms with E-state index in [0.29, 0.717) is 23.9 Å². The van der Waals surface area contributed by atoms with E-state index in [9.17, 15) is 4.79 Å². The van der Waals surface area contributed by atoms with Crippen molar-refractivity contribution in [1.29, 1.82) is 0 Å². The van der Waals surface area contributed by atoms with Gasteiger partial charge in [-0.3, -0.25) is 4.79 Å². The Balaban J connectivity index is 1.82. The van der Waals surface area contributed by atoms with E-state index in [-0.39, 0.29) is 0 Å². The van der Waals surface area contributed by atoms with Gasteiger partial charge < -0.3 is 0 Å². The minimum absolute atomic E-state index is 0.296. The number of hydrogen-bond donors (Lipinski definition) is 0. The van der Waals surface area contributed by atoms with E-state index >= 15 is 0 Å². The van der Waals surface area contributed by atoms with Crippen molar-refractivity contribution < 1.29 is 4.79 Å². The predicted molar refractivity (Wildman–Crippen MR) is 81.6 cm³/mol. The summed E-state index contributed by atoms with van der Waals surface area (Å²) >= 11 is 1.62. The Hall–Kier alpha value is -1.54. The third-order valence-electron chi connectivity index (χ3n) is 3.05. The summed E-state index contributed by atoms with van der Waals surface area (Å²) < 4.78 is 0. The van der Waals surface area contributed by atoms with E-state index in [4.69, 9.17) is 0 Å². The molecule has 0 saturated carbocycles. The van der Waals surface area contributed by atoms with Crippen LogP contribution in [-0.2, 0) is 4.79 Å². The molecule has 2 aromatic carbocycles. The van der Waals surface area contributed by atoms with Gasteiger partial charge in [-0.15, -0.1) is 11.8 Å². The van der Waals surface area contributed by atoms with Crippen molar-refractivity contribution in [3.8, 4) is 0 Å². The van der Waals surface area contributed by atoms with Crippen LogP contribution in [0.3, 0.4) is 0 Å². The lowest BCUT2D eigenvalue weighted by Gasteiger charge is -2.10. The summed E-state index contributed by atoms with van der Waals surface area (Å²) in [6.45, 7) is 2.11. The van der Waals surface area contributed by atoms with Crippen LogP contribution in [0.15, 0.2) is 65.6 Å². The number of carbonyl (C=O) groups excluding carboxylic acids is 1. The molecule has 1 atom stereocenters. The van der Waals surface area contributed by atoms with E-state index in [0.717, 1.165) is 4.90 Å². The monoisotopic (exact) mass is 270 g/mol. The Morgan fingerprint density at radius 3 is 2.21 bits per heavy atom. The molecule has 1 nitrogen and oxygen atoms in total. The molecule has 0 heterocycles. The molecule has 0 radical (unpaired) electrons. The number of benzene rings is 2. The molecule has 2 aromatic rings. The first-order valence-corrected chi connectivity index (χ1v) is 7.49. The van der Waals surface area contributed by atoms with Crippen LogP contribution < -0.4 is 0 Å². The van der Waals surface area contributed by atoms with Crippen LogP contribution in [0.2, 0.25) is 0 Å². The fraction of sp³-hybridized carbons (Fsp3) is 0.235. The molecule has 0 saturated heterocycles. The largest absolute Gasteiger partial charge is 0.299 e. The molecule has 0 aliphatic heterocycles.